The molecule has 0 spiro atoms. The van der Waals surface area contributed by atoms with Crippen molar-refractivity contribution in [3.05, 3.63) is 0 Å². The lowest BCUT2D eigenvalue weighted by Crippen LogP contribution is -2.25. The molecule has 1 fully saturated rings. The van der Waals surface area contributed by atoms with Gasteiger partial charge < -0.3 is 10.1 Å². The summed E-state index contributed by atoms with van der Waals surface area (Å²) in [5.74, 6) is 2.61. The molecule has 2 heteroatoms. The molecule has 1 saturated heterocycles. The Morgan fingerprint density at radius 2 is 2.31 bits per heavy atom. The predicted octanol–water partition coefficient (Wildman–Crippen LogP) is 1.56. The fraction of sp³-hybridized carbons (Fsp3) is 0.818. The highest BCUT2D eigenvalue weighted by Crippen LogP contribution is 2.14. The lowest BCUT2D eigenvalue weighted by molar-refractivity contribution is 0.0116. The SMILES string of the molecule is C#CCCNCCC1CCCCO1. The third kappa shape index (κ3) is 4.92. The Hall–Kier alpha value is -0.520. The molecule has 1 N–H and O–H groups in total. The van der Waals surface area contributed by atoms with Crippen LogP contribution in [0.3, 0.4) is 0 Å². The molecule has 0 aromatic carbocycles. The van der Waals surface area contributed by atoms with Crippen molar-refractivity contribution < 1.29 is 4.74 Å². The summed E-state index contributed by atoms with van der Waals surface area (Å²) >= 11 is 0. The molecule has 0 aliphatic carbocycles. The topological polar surface area (TPSA) is 21.3 Å². The van der Waals surface area contributed by atoms with E-state index in [1.807, 2.05) is 0 Å². The zero-order valence-corrected chi connectivity index (χ0v) is 8.22. The lowest BCUT2D eigenvalue weighted by atomic mass is 10.1. The van der Waals surface area contributed by atoms with Crippen molar-refractivity contribution in [2.75, 3.05) is 19.7 Å². The summed E-state index contributed by atoms with van der Waals surface area (Å²) in [6.07, 6.45) is 11.4. The van der Waals surface area contributed by atoms with Gasteiger partial charge in [-0.25, -0.2) is 0 Å². The Labute approximate surface area is 81.0 Å². The predicted molar refractivity (Wildman–Crippen MR) is 54.5 cm³/mol. The summed E-state index contributed by atoms with van der Waals surface area (Å²) in [7, 11) is 0. The Bertz CT molecular complexity index is 156. The molecule has 0 aromatic heterocycles. The van der Waals surface area contributed by atoms with Gasteiger partial charge in [-0.3, -0.25) is 0 Å². The molecule has 74 valence electrons. The highest BCUT2D eigenvalue weighted by atomic mass is 16.5. The van der Waals surface area contributed by atoms with Crippen LogP contribution >= 0.6 is 0 Å². The van der Waals surface area contributed by atoms with Crippen LogP contribution in [0.4, 0.5) is 0 Å². The molecule has 1 unspecified atom stereocenters. The third-order valence-corrected chi connectivity index (χ3v) is 2.36. The van der Waals surface area contributed by atoms with Gasteiger partial charge in [0, 0.05) is 19.6 Å². The van der Waals surface area contributed by atoms with Crippen molar-refractivity contribution in [3.8, 4) is 12.3 Å². The van der Waals surface area contributed by atoms with Crippen LogP contribution in [0, 0.1) is 12.3 Å². The first-order chi connectivity index (χ1) is 6.43. The van der Waals surface area contributed by atoms with Gasteiger partial charge in [-0.2, -0.15) is 0 Å². The van der Waals surface area contributed by atoms with E-state index >= 15 is 0 Å². The van der Waals surface area contributed by atoms with Crippen molar-refractivity contribution in [2.24, 2.45) is 0 Å². The van der Waals surface area contributed by atoms with Gasteiger partial charge in [-0.05, 0) is 32.2 Å². The first kappa shape index (κ1) is 10.6. The van der Waals surface area contributed by atoms with Crippen LogP contribution in [-0.4, -0.2) is 25.8 Å². The van der Waals surface area contributed by atoms with Gasteiger partial charge in [-0.15, -0.1) is 12.3 Å². The fourth-order valence-electron chi connectivity index (χ4n) is 1.58. The number of ether oxygens (including phenoxy) is 1. The van der Waals surface area contributed by atoms with Gasteiger partial charge in [0.15, 0.2) is 0 Å². The molecule has 1 aliphatic rings. The Kier molecular flexibility index (Phi) is 5.64. The van der Waals surface area contributed by atoms with Gasteiger partial charge >= 0.3 is 0 Å². The molecule has 0 saturated carbocycles. The zero-order valence-electron chi connectivity index (χ0n) is 8.22. The molecule has 0 aromatic rings. The normalized spacial score (nSPS) is 22.5. The first-order valence-electron chi connectivity index (χ1n) is 5.19. The molecular formula is C11H19NO. The minimum atomic E-state index is 0.493. The maximum Gasteiger partial charge on any atom is 0.0587 e. The van der Waals surface area contributed by atoms with E-state index in [1.165, 1.54) is 19.3 Å². The van der Waals surface area contributed by atoms with Gasteiger partial charge in [0.05, 0.1) is 6.10 Å². The summed E-state index contributed by atoms with van der Waals surface area (Å²) in [4.78, 5) is 0. The fourth-order valence-corrected chi connectivity index (χ4v) is 1.58. The van der Waals surface area contributed by atoms with E-state index in [0.717, 1.165) is 32.5 Å². The number of hydrogen-bond donors (Lipinski definition) is 1. The molecule has 0 bridgehead atoms. The highest BCUT2D eigenvalue weighted by Gasteiger charge is 2.12. The van der Waals surface area contributed by atoms with E-state index in [2.05, 4.69) is 11.2 Å². The van der Waals surface area contributed by atoms with Crippen molar-refractivity contribution >= 4 is 0 Å². The standard InChI is InChI=1S/C11H19NO/c1-2-3-8-12-9-7-11-6-4-5-10-13-11/h1,11-12H,3-10H2. The molecule has 0 amide bonds. The van der Waals surface area contributed by atoms with Crippen LogP contribution < -0.4 is 5.32 Å². The van der Waals surface area contributed by atoms with Gasteiger partial charge in [0.2, 0.25) is 0 Å². The second kappa shape index (κ2) is 6.94. The Balaban J connectivity index is 1.90. The molecule has 1 aliphatic heterocycles. The van der Waals surface area contributed by atoms with E-state index in [0.29, 0.717) is 6.10 Å². The molecule has 0 radical (unpaired) electrons. The lowest BCUT2D eigenvalue weighted by Gasteiger charge is -2.22. The highest BCUT2D eigenvalue weighted by molar-refractivity contribution is 4.84. The van der Waals surface area contributed by atoms with Crippen LogP contribution in [0.25, 0.3) is 0 Å². The Morgan fingerprint density at radius 1 is 1.38 bits per heavy atom. The van der Waals surface area contributed by atoms with E-state index < -0.39 is 0 Å². The molecule has 1 heterocycles. The number of nitrogens with one attached hydrogen (secondary N) is 1. The quantitative estimate of drug-likeness (QED) is 0.513. The maximum atomic E-state index is 5.60. The van der Waals surface area contributed by atoms with Crippen molar-refractivity contribution in [2.45, 2.75) is 38.2 Å². The smallest absolute Gasteiger partial charge is 0.0587 e. The molecular weight excluding hydrogens is 162 g/mol. The second-order valence-electron chi connectivity index (χ2n) is 3.48. The van der Waals surface area contributed by atoms with E-state index in [9.17, 15) is 0 Å². The number of rotatable bonds is 5. The summed E-state index contributed by atoms with van der Waals surface area (Å²) in [5.41, 5.74) is 0. The molecule has 13 heavy (non-hydrogen) atoms. The largest absolute Gasteiger partial charge is 0.378 e. The minimum Gasteiger partial charge on any atom is -0.378 e. The summed E-state index contributed by atoms with van der Waals surface area (Å²) in [5, 5.41) is 3.31. The first-order valence-corrected chi connectivity index (χ1v) is 5.19. The zero-order chi connectivity index (χ0) is 9.36. The second-order valence-corrected chi connectivity index (χ2v) is 3.48. The van der Waals surface area contributed by atoms with Crippen LogP contribution in [0.2, 0.25) is 0 Å². The van der Waals surface area contributed by atoms with Crippen molar-refractivity contribution in [1.82, 2.24) is 5.32 Å². The van der Waals surface area contributed by atoms with Crippen molar-refractivity contribution in [1.29, 1.82) is 0 Å². The molecule has 2 nitrogen and oxygen atoms in total. The van der Waals surface area contributed by atoms with E-state index in [4.69, 9.17) is 11.2 Å². The number of terminal acetylenes is 1. The Morgan fingerprint density at radius 3 is 3.00 bits per heavy atom. The van der Waals surface area contributed by atoms with Gasteiger partial charge in [0.25, 0.3) is 0 Å². The summed E-state index contributed by atoms with van der Waals surface area (Å²) in [6.45, 7) is 2.92. The van der Waals surface area contributed by atoms with Crippen molar-refractivity contribution in [3.63, 3.8) is 0 Å². The van der Waals surface area contributed by atoms with E-state index in [1.54, 1.807) is 0 Å². The van der Waals surface area contributed by atoms with Gasteiger partial charge in [-0.1, -0.05) is 0 Å². The van der Waals surface area contributed by atoms with E-state index in [-0.39, 0.29) is 0 Å². The molecule has 1 atom stereocenters. The maximum absolute atomic E-state index is 5.60. The summed E-state index contributed by atoms with van der Waals surface area (Å²) < 4.78 is 5.60. The van der Waals surface area contributed by atoms with Crippen LogP contribution in [0.5, 0.6) is 0 Å². The van der Waals surface area contributed by atoms with Crippen LogP contribution in [0.15, 0.2) is 0 Å². The number of hydrogen-bond acceptors (Lipinski definition) is 2. The third-order valence-electron chi connectivity index (χ3n) is 2.36. The van der Waals surface area contributed by atoms with Crippen LogP contribution in [0.1, 0.15) is 32.1 Å². The average molecular weight is 181 g/mol. The van der Waals surface area contributed by atoms with Crippen LogP contribution in [-0.2, 0) is 4.74 Å². The minimum absolute atomic E-state index is 0.493. The monoisotopic (exact) mass is 181 g/mol. The average Bonchev–Trinajstić information content (AvgIpc) is 2.19. The van der Waals surface area contributed by atoms with Gasteiger partial charge in [0.1, 0.15) is 0 Å². The molecule has 1 rings (SSSR count). The summed E-state index contributed by atoms with van der Waals surface area (Å²) in [6, 6.07) is 0.